The van der Waals surface area contributed by atoms with Crippen molar-refractivity contribution in [1.82, 2.24) is 18.7 Å². The fourth-order valence-electron chi connectivity index (χ4n) is 8.42. The molecular formula is C50H46N5+. The van der Waals surface area contributed by atoms with E-state index < -0.39 is 0 Å². The Bertz CT molecular complexity index is 2850. The van der Waals surface area contributed by atoms with Crippen LogP contribution in [0.25, 0.3) is 55.5 Å². The fourth-order valence-corrected chi connectivity index (χ4v) is 8.42. The molecule has 0 spiro atoms. The molecule has 9 rings (SSSR count). The molecule has 0 N–H and O–H groups in total. The van der Waals surface area contributed by atoms with Crippen LogP contribution in [0.5, 0.6) is 0 Å². The Balaban J connectivity index is 1.26. The van der Waals surface area contributed by atoms with Crippen molar-refractivity contribution in [3.8, 4) is 22.6 Å². The molecule has 9 aromatic rings. The van der Waals surface area contributed by atoms with Crippen molar-refractivity contribution in [3.05, 3.63) is 175 Å². The number of nitrogens with zero attached hydrogens (tertiary/aromatic N) is 5. The zero-order valence-corrected chi connectivity index (χ0v) is 32.4. The summed E-state index contributed by atoms with van der Waals surface area (Å²) in [6, 6.07) is 53.2. The average Bonchev–Trinajstić information content (AvgIpc) is 3.76. The lowest BCUT2D eigenvalue weighted by Gasteiger charge is -2.29. The third kappa shape index (κ3) is 5.88. The van der Waals surface area contributed by atoms with Crippen LogP contribution < -0.4 is 4.90 Å². The van der Waals surface area contributed by atoms with E-state index in [0.29, 0.717) is 12.0 Å². The van der Waals surface area contributed by atoms with Crippen LogP contribution in [0.2, 0.25) is 0 Å². The molecule has 270 valence electrons. The van der Waals surface area contributed by atoms with Crippen LogP contribution in [-0.2, 0) is 0 Å². The fraction of sp³-hybridized carbons (Fsp3) is 0.160. The van der Waals surface area contributed by atoms with Gasteiger partial charge in [-0.1, -0.05) is 80.6 Å². The van der Waals surface area contributed by atoms with Gasteiger partial charge in [-0.15, -0.1) is 0 Å². The molecule has 0 aliphatic heterocycles. The third-order valence-corrected chi connectivity index (χ3v) is 11.0. The Hall–Kier alpha value is -6.46. The van der Waals surface area contributed by atoms with Crippen molar-refractivity contribution in [1.29, 1.82) is 0 Å². The smallest absolute Gasteiger partial charge is 0.191 e. The second-order valence-corrected chi connectivity index (χ2v) is 15.3. The maximum atomic E-state index is 5.03. The second kappa shape index (κ2) is 13.7. The van der Waals surface area contributed by atoms with E-state index in [1.54, 1.807) is 0 Å². The first-order chi connectivity index (χ1) is 26.8. The van der Waals surface area contributed by atoms with Crippen LogP contribution in [0, 0.1) is 13.8 Å². The SMILES string of the molecule is Cc1cccc(C)c1N(c1cccc(-n2[cH+]n(C(C)C)c3ccccc32)c1)c1ccc2c3ccccc3n(-c3cc(-c4ccccc4C(C)C)ccn3)c2c1. The number of hydrogen-bond acceptors (Lipinski definition) is 2. The van der Waals surface area contributed by atoms with Crippen LogP contribution >= 0.6 is 0 Å². The summed E-state index contributed by atoms with van der Waals surface area (Å²) in [7, 11) is 0. The average molecular weight is 717 g/mol. The van der Waals surface area contributed by atoms with E-state index in [4.69, 9.17) is 4.98 Å². The van der Waals surface area contributed by atoms with E-state index in [2.05, 4.69) is 212 Å². The molecule has 3 aromatic heterocycles. The Morgan fingerprint density at radius 3 is 2.04 bits per heavy atom. The Morgan fingerprint density at radius 1 is 0.582 bits per heavy atom. The zero-order valence-electron chi connectivity index (χ0n) is 32.4. The molecule has 0 radical (unpaired) electrons. The highest BCUT2D eigenvalue weighted by Gasteiger charge is 2.23. The molecule has 0 saturated carbocycles. The highest BCUT2D eigenvalue weighted by molar-refractivity contribution is 6.10. The summed E-state index contributed by atoms with van der Waals surface area (Å²) in [5.41, 5.74) is 15.3. The van der Waals surface area contributed by atoms with E-state index in [9.17, 15) is 0 Å². The highest BCUT2D eigenvalue weighted by Crippen LogP contribution is 2.43. The molecule has 0 atom stereocenters. The molecule has 0 bridgehead atoms. The van der Waals surface area contributed by atoms with E-state index >= 15 is 0 Å². The van der Waals surface area contributed by atoms with Gasteiger partial charge in [0.25, 0.3) is 0 Å². The highest BCUT2D eigenvalue weighted by atomic mass is 15.2. The number of pyridine rings is 1. The van der Waals surface area contributed by atoms with Crippen LogP contribution in [0.3, 0.4) is 0 Å². The normalized spacial score (nSPS) is 11.8. The van der Waals surface area contributed by atoms with Crippen molar-refractivity contribution in [3.63, 3.8) is 0 Å². The van der Waals surface area contributed by atoms with Crippen molar-refractivity contribution >= 4 is 49.9 Å². The first kappa shape index (κ1) is 34.3. The van der Waals surface area contributed by atoms with Crippen LogP contribution in [0.1, 0.15) is 56.3 Å². The van der Waals surface area contributed by atoms with Gasteiger partial charge in [0.15, 0.2) is 17.4 Å². The van der Waals surface area contributed by atoms with Gasteiger partial charge in [0, 0.05) is 46.9 Å². The Labute approximate surface area is 323 Å². The van der Waals surface area contributed by atoms with Gasteiger partial charge in [0.05, 0.1) is 28.5 Å². The number of rotatable bonds is 8. The third-order valence-electron chi connectivity index (χ3n) is 11.0. The molecule has 0 aliphatic carbocycles. The van der Waals surface area contributed by atoms with Gasteiger partial charge in [-0.25, -0.2) is 9.55 Å². The summed E-state index contributed by atoms with van der Waals surface area (Å²) in [5, 5.41) is 2.40. The largest absolute Gasteiger partial charge is 0.309 e. The summed E-state index contributed by atoms with van der Waals surface area (Å²) in [6.45, 7) is 13.4. The first-order valence-corrected chi connectivity index (χ1v) is 19.4. The van der Waals surface area contributed by atoms with Gasteiger partial charge in [-0.3, -0.25) is 4.57 Å². The van der Waals surface area contributed by atoms with E-state index in [1.807, 2.05) is 6.20 Å². The van der Waals surface area contributed by atoms with E-state index in [0.717, 1.165) is 33.9 Å². The van der Waals surface area contributed by atoms with Crippen molar-refractivity contribution in [2.24, 2.45) is 0 Å². The number of aromatic nitrogens is 4. The number of benzene rings is 6. The quantitative estimate of drug-likeness (QED) is 0.147. The molecule has 55 heavy (non-hydrogen) atoms. The monoisotopic (exact) mass is 716 g/mol. The van der Waals surface area contributed by atoms with Crippen molar-refractivity contribution < 1.29 is 0 Å². The molecule has 0 unspecified atom stereocenters. The van der Waals surface area contributed by atoms with Crippen molar-refractivity contribution in [2.45, 2.75) is 53.5 Å². The second-order valence-electron chi connectivity index (χ2n) is 15.3. The molecule has 0 fully saturated rings. The van der Waals surface area contributed by atoms with Gasteiger partial charge in [-0.2, -0.15) is 4.57 Å². The number of aryl methyl sites for hydroxylation is 2. The maximum Gasteiger partial charge on any atom is 0.191 e. The number of fused-ring (bicyclic) bond motifs is 4. The van der Waals surface area contributed by atoms with Gasteiger partial charge in [0.2, 0.25) is 0 Å². The van der Waals surface area contributed by atoms with Crippen molar-refractivity contribution in [2.75, 3.05) is 4.90 Å². The predicted molar refractivity (Wildman–Crippen MR) is 232 cm³/mol. The van der Waals surface area contributed by atoms with Crippen LogP contribution in [-0.4, -0.2) is 18.7 Å². The predicted octanol–water partition coefficient (Wildman–Crippen LogP) is 13.7. The summed E-state index contributed by atoms with van der Waals surface area (Å²) in [4.78, 5) is 7.46. The zero-order chi connectivity index (χ0) is 37.8. The molecule has 6 aromatic carbocycles. The molecule has 0 aliphatic rings. The van der Waals surface area contributed by atoms with Gasteiger partial charge >= 0.3 is 0 Å². The molecule has 0 saturated heterocycles. The number of hydrogen-bond donors (Lipinski definition) is 0. The lowest BCUT2D eigenvalue weighted by atomic mass is 9.93. The first-order valence-electron chi connectivity index (χ1n) is 19.4. The molecule has 5 heteroatoms. The van der Waals surface area contributed by atoms with Gasteiger partial charge in [-0.05, 0) is 116 Å². The maximum absolute atomic E-state index is 5.03. The molecular weight excluding hydrogens is 671 g/mol. The Kier molecular flexibility index (Phi) is 8.58. The van der Waals surface area contributed by atoms with Crippen LogP contribution in [0.4, 0.5) is 17.1 Å². The van der Waals surface area contributed by atoms with Crippen LogP contribution in [0.15, 0.2) is 158 Å². The number of anilines is 3. The summed E-state index contributed by atoms with van der Waals surface area (Å²) in [6.07, 6.45) is 4.19. The number of imidazole rings is 1. The van der Waals surface area contributed by atoms with E-state index in [-0.39, 0.29) is 0 Å². The summed E-state index contributed by atoms with van der Waals surface area (Å²) < 4.78 is 7.01. The van der Waals surface area contributed by atoms with Gasteiger partial charge < -0.3 is 4.90 Å². The minimum absolute atomic E-state index is 0.332. The lowest BCUT2D eigenvalue weighted by Crippen LogP contribution is -2.13. The molecule has 3 heterocycles. The topological polar surface area (TPSA) is 30.9 Å². The summed E-state index contributed by atoms with van der Waals surface area (Å²) >= 11 is 0. The summed E-state index contributed by atoms with van der Waals surface area (Å²) in [5.74, 6) is 1.31. The number of para-hydroxylation sites is 4. The minimum atomic E-state index is 0.332. The minimum Gasteiger partial charge on any atom is -0.309 e. The van der Waals surface area contributed by atoms with Gasteiger partial charge in [0.1, 0.15) is 11.5 Å². The molecule has 5 nitrogen and oxygen atoms in total. The standard InChI is InChI=1S/C50H46N5/c1-33(2)41-19-7-8-20-42(41)37-27-28-51-49(29-37)55-45-22-10-9-21-43(45)44-26-25-40(31-48(44)55)54(50-35(5)15-13-16-36(50)6)39-18-14-17-38(30-39)53-32-52(34(3)4)46-23-11-12-24-47(46)53/h7-34H,1-6H3/q+1. The van der Waals surface area contributed by atoms with E-state index in [1.165, 1.54) is 55.3 Å². The molecule has 0 amide bonds. The Morgan fingerprint density at radius 2 is 1.25 bits per heavy atom. The lowest BCUT2D eigenvalue weighted by molar-refractivity contribution is 0.612.